The van der Waals surface area contributed by atoms with Crippen molar-refractivity contribution in [3.05, 3.63) is 71.8 Å². The molecule has 8 nitrogen and oxygen atoms in total. The van der Waals surface area contributed by atoms with Crippen LogP contribution in [0.15, 0.2) is 60.7 Å². The fourth-order valence-corrected chi connectivity index (χ4v) is 2.99. The Bertz CT molecular complexity index is 904. The lowest BCUT2D eigenvalue weighted by atomic mass is 10.2. The third-order valence-electron chi connectivity index (χ3n) is 4.54. The molecule has 0 atom stereocenters. The van der Waals surface area contributed by atoms with Gasteiger partial charge in [-0.3, -0.25) is 19.2 Å². The maximum absolute atomic E-state index is 13.0. The van der Waals surface area contributed by atoms with Gasteiger partial charge in [-0.15, -0.1) is 0 Å². The zero-order valence-corrected chi connectivity index (χ0v) is 16.3. The number of hydrogen-bond acceptors (Lipinski definition) is 6. The van der Waals surface area contributed by atoms with Crippen molar-refractivity contribution >= 4 is 29.6 Å². The summed E-state index contributed by atoms with van der Waals surface area (Å²) in [5.41, 5.74) is 0.193. The summed E-state index contributed by atoms with van der Waals surface area (Å²) in [6, 6.07) is 15.5. The second-order valence-electron chi connectivity index (χ2n) is 6.59. The van der Waals surface area contributed by atoms with Gasteiger partial charge in [0.2, 0.25) is 6.17 Å². The molecular formula is C22H20N2O6. The van der Waals surface area contributed by atoms with Crippen LogP contribution in [0.2, 0.25) is 0 Å². The van der Waals surface area contributed by atoms with E-state index in [1.54, 1.807) is 36.4 Å². The normalized spacial score (nSPS) is 14.2. The van der Waals surface area contributed by atoms with Gasteiger partial charge in [-0.25, -0.2) is 14.6 Å². The summed E-state index contributed by atoms with van der Waals surface area (Å²) in [6.45, 7) is 1.93. The van der Waals surface area contributed by atoms with Crippen LogP contribution in [-0.4, -0.2) is 52.2 Å². The van der Waals surface area contributed by atoms with E-state index in [0.29, 0.717) is 16.2 Å². The van der Waals surface area contributed by atoms with E-state index < -0.39 is 35.8 Å². The van der Waals surface area contributed by atoms with Gasteiger partial charge in [-0.1, -0.05) is 49.7 Å². The number of nitrogens with zero attached hydrogens (tertiary/aromatic N) is 2. The van der Waals surface area contributed by atoms with E-state index in [0.717, 1.165) is 6.42 Å². The summed E-state index contributed by atoms with van der Waals surface area (Å²) in [4.78, 5) is 65.0. The van der Waals surface area contributed by atoms with Crippen LogP contribution in [0.25, 0.3) is 0 Å². The average Bonchev–Trinajstić information content (AvgIpc) is 3.04. The maximum Gasteiger partial charge on any atom is 0.351 e. The molecule has 8 heteroatoms. The number of esters is 1. The Morgan fingerprint density at radius 3 is 1.63 bits per heavy atom. The van der Waals surface area contributed by atoms with Gasteiger partial charge in [0.25, 0.3) is 11.8 Å². The van der Waals surface area contributed by atoms with Crippen molar-refractivity contribution in [3.63, 3.8) is 0 Å². The lowest BCUT2D eigenvalue weighted by molar-refractivity contribution is -0.154. The minimum absolute atomic E-state index is 0.0367. The number of amides is 4. The number of rotatable bonds is 6. The number of imide groups is 2. The summed E-state index contributed by atoms with van der Waals surface area (Å²) in [5.74, 6) is -5.27. The van der Waals surface area contributed by atoms with E-state index in [9.17, 15) is 24.0 Å². The molecule has 0 spiro atoms. The van der Waals surface area contributed by atoms with Gasteiger partial charge < -0.3 is 4.74 Å². The molecule has 1 aliphatic heterocycles. The molecule has 4 amide bonds. The van der Waals surface area contributed by atoms with Gasteiger partial charge in [0.1, 0.15) is 0 Å². The molecule has 1 heterocycles. The number of hydrogen-bond donors (Lipinski definition) is 0. The molecule has 0 unspecified atom stereocenters. The van der Waals surface area contributed by atoms with E-state index in [1.807, 2.05) is 6.92 Å². The third-order valence-corrected chi connectivity index (χ3v) is 4.54. The van der Waals surface area contributed by atoms with Gasteiger partial charge in [0.15, 0.2) is 0 Å². The highest BCUT2D eigenvalue weighted by Crippen LogP contribution is 2.24. The van der Waals surface area contributed by atoms with Gasteiger partial charge in [0.05, 0.1) is 6.61 Å². The number of carbonyl (C=O) groups is 5. The molecule has 0 bridgehead atoms. The fourth-order valence-electron chi connectivity index (χ4n) is 2.99. The number of unbranched alkanes of at least 4 members (excludes halogenated alkanes) is 1. The van der Waals surface area contributed by atoms with E-state index >= 15 is 0 Å². The summed E-state index contributed by atoms with van der Waals surface area (Å²) >= 11 is 0. The first-order chi connectivity index (χ1) is 14.5. The molecule has 2 aromatic rings. The predicted molar refractivity (Wildman–Crippen MR) is 105 cm³/mol. The van der Waals surface area contributed by atoms with Gasteiger partial charge in [0, 0.05) is 11.1 Å². The fraction of sp³-hybridized carbons (Fsp3) is 0.227. The third kappa shape index (κ3) is 3.98. The standard InChI is InChI=1S/C22H20N2O6/c1-2-3-14-30-22(29)17-23(18(25)15-10-6-4-7-11-15)20(27)21(28)24(17)19(26)16-12-8-5-9-13-16/h4-13,17H,2-3,14H2,1H3. The van der Waals surface area contributed by atoms with Crippen LogP contribution >= 0.6 is 0 Å². The molecular weight excluding hydrogens is 388 g/mol. The van der Waals surface area contributed by atoms with Crippen molar-refractivity contribution in [2.45, 2.75) is 25.9 Å². The smallest absolute Gasteiger partial charge is 0.351 e. The summed E-state index contributed by atoms with van der Waals surface area (Å²) < 4.78 is 5.16. The molecule has 0 aliphatic carbocycles. The molecule has 0 N–H and O–H groups in total. The minimum atomic E-state index is -1.80. The van der Waals surface area contributed by atoms with Crippen molar-refractivity contribution in [3.8, 4) is 0 Å². The zero-order valence-electron chi connectivity index (χ0n) is 16.3. The molecule has 1 fully saturated rings. The van der Waals surface area contributed by atoms with Crippen LogP contribution in [0, 0.1) is 0 Å². The van der Waals surface area contributed by atoms with Crippen LogP contribution < -0.4 is 0 Å². The van der Waals surface area contributed by atoms with E-state index in [2.05, 4.69) is 0 Å². The van der Waals surface area contributed by atoms with Crippen molar-refractivity contribution in [2.75, 3.05) is 6.61 Å². The van der Waals surface area contributed by atoms with Crippen LogP contribution in [0.3, 0.4) is 0 Å². The molecule has 0 saturated carbocycles. The Hall–Kier alpha value is -3.81. The Balaban J connectivity index is 2.01. The first kappa shape index (κ1) is 20.9. The Morgan fingerprint density at radius 2 is 1.23 bits per heavy atom. The number of carbonyl (C=O) groups excluding carboxylic acids is 5. The van der Waals surface area contributed by atoms with Crippen LogP contribution in [0.4, 0.5) is 0 Å². The van der Waals surface area contributed by atoms with Crippen LogP contribution in [-0.2, 0) is 19.1 Å². The molecule has 3 rings (SSSR count). The quantitative estimate of drug-likeness (QED) is 0.314. The molecule has 0 radical (unpaired) electrons. The number of benzene rings is 2. The molecule has 0 aromatic heterocycles. The van der Waals surface area contributed by atoms with Crippen molar-refractivity contribution in [1.29, 1.82) is 0 Å². The second kappa shape index (κ2) is 9.13. The lowest BCUT2D eigenvalue weighted by Gasteiger charge is -2.25. The monoisotopic (exact) mass is 408 g/mol. The molecule has 30 heavy (non-hydrogen) atoms. The summed E-state index contributed by atoms with van der Waals surface area (Å²) in [5, 5.41) is 0. The summed E-state index contributed by atoms with van der Waals surface area (Å²) in [6.07, 6.45) is -0.503. The Labute approximate surface area is 173 Å². The topological polar surface area (TPSA) is 101 Å². The molecule has 2 aromatic carbocycles. The van der Waals surface area contributed by atoms with Crippen LogP contribution in [0.1, 0.15) is 40.5 Å². The maximum atomic E-state index is 13.0. The molecule has 1 aliphatic rings. The lowest BCUT2D eigenvalue weighted by Crippen LogP contribution is -2.51. The van der Waals surface area contributed by atoms with Crippen molar-refractivity contribution in [2.24, 2.45) is 0 Å². The highest BCUT2D eigenvalue weighted by Gasteiger charge is 2.55. The minimum Gasteiger partial charge on any atom is -0.463 e. The first-order valence-corrected chi connectivity index (χ1v) is 9.49. The second-order valence-corrected chi connectivity index (χ2v) is 6.59. The van der Waals surface area contributed by atoms with E-state index in [1.165, 1.54) is 24.3 Å². The summed E-state index contributed by atoms with van der Waals surface area (Å²) in [7, 11) is 0. The van der Waals surface area contributed by atoms with Gasteiger partial charge >= 0.3 is 17.8 Å². The highest BCUT2D eigenvalue weighted by atomic mass is 16.5. The average molecular weight is 408 g/mol. The Morgan fingerprint density at radius 1 is 0.800 bits per heavy atom. The van der Waals surface area contributed by atoms with E-state index in [4.69, 9.17) is 4.74 Å². The van der Waals surface area contributed by atoms with Crippen molar-refractivity contribution in [1.82, 2.24) is 9.80 Å². The Kier molecular flexibility index (Phi) is 6.36. The zero-order chi connectivity index (χ0) is 21.7. The first-order valence-electron chi connectivity index (χ1n) is 9.49. The van der Waals surface area contributed by atoms with Crippen LogP contribution in [0.5, 0.6) is 0 Å². The van der Waals surface area contributed by atoms with Gasteiger partial charge in [-0.05, 0) is 30.7 Å². The predicted octanol–water partition coefficient (Wildman–Crippen LogP) is 2.01. The van der Waals surface area contributed by atoms with E-state index in [-0.39, 0.29) is 17.7 Å². The number of ether oxygens (including phenoxy) is 1. The SMILES string of the molecule is CCCCOC(=O)C1N(C(=O)c2ccccc2)C(=O)C(=O)N1C(=O)c1ccccc1. The van der Waals surface area contributed by atoms with Gasteiger partial charge in [-0.2, -0.15) is 0 Å². The van der Waals surface area contributed by atoms with Crippen molar-refractivity contribution < 1.29 is 28.7 Å². The largest absolute Gasteiger partial charge is 0.463 e. The molecule has 154 valence electrons. The molecule has 1 saturated heterocycles. The highest BCUT2D eigenvalue weighted by molar-refractivity contribution is 6.44.